The number of halogens is 1. The summed E-state index contributed by atoms with van der Waals surface area (Å²) in [6.45, 7) is 9.14. The summed E-state index contributed by atoms with van der Waals surface area (Å²) in [6, 6.07) is 21.3. The van der Waals surface area contributed by atoms with Gasteiger partial charge in [-0.1, -0.05) is 60.0 Å². The highest BCUT2D eigenvalue weighted by molar-refractivity contribution is 6.30. The molecular formula is C32H36ClNO2. The molecule has 1 atom stereocenters. The van der Waals surface area contributed by atoms with Crippen molar-refractivity contribution in [3.05, 3.63) is 99.1 Å². The molecule has 0 aromatic heterocycles. The van der Waals surface area contributed by atoms with E-state index in [0.29, 0.717) is 6.61 Å². The van der Waals surface area contributed by atoms with E-state index < -0.39 is 0 Å². The lowest BCUT2D eigenvalue weighted by atomic mass is 9.81. The van der Waals surface area contributed by atoms with Crippen LogP contribution < -0.4 is 9.47 Å². The SMILES string of the molecule is Cc1cc2c(cc1C)C(c1ccc(OCCN3CCCCC3)cc1)/C(=C/c1ccc(Cl)cc1)CCO2. The van der Waals surface area contributed by atoms with Gasteiger partial charge in [-0.2, -0.15) is 0 Å². The van der Waals surface area contributed by atoms with Gasteiger partial charge >= 0.3 is 0 Å². The maximum absolute atomic E-state index is 6.27. The monoisotopic (exact) mass is 501 g/mol. The summed E-state index contributed by atoms with van der Waals surface area (Å²) in [5.41, 5.74) is 7.54. The second-order valence-electron chi connectivity index (χ2n) is 10.1. The molecule has 188 valence electrons. The van der Waals surface area contributed by atoms with Crippen molar-refractivity contribution in [3.63, 3.8) is 0 Å². The van der Waals surface area contributed by atoms with E-state index in [0.717, 1.165) is 41.7 Å². The lowest BCUT2D eigenvalue weighted by Crippen LogP contribution is -2.33. The van der Waals surface area contributed by atoms with Crippen molar-refractivity contribution in [1.29, 1.82) is 0 Å². The Balaban J connectivity index is 1.42. The van der Waals surface area contributed by atoms with Crippen molar-refractivity contribution in [3.8, 4) is 11.5 Å². The summed E-state index contributed by atoms with van der Waals surface area (Å²) in [6.07, 6.45) is 7.16. The fourth-order valence-electron chi connectivity index (χ4n) is 5.34. The molecule has 4 heteroatoms. The van der Waals surface area contributed by atoms with Gasteiger partial charge in [0, 0.05) is 29.5 Å². The van der Waals surface area contributed by atoms with Gasteiger partial charge in [-0.3, -0.25) is 4.90 Å². The minimum absolute atomic E-state index is 0.125. The molecule has 1 saturated heterocycles. The fraction of sp³-hybridized carbons (Fsp3) is 0.375. The summed E-state index contributed by atoms with van der Waals surface area (Å²) in [4.78, 5) is 2.51. The van der Waals surface area contributed by atoms with Gasteiger partial charge in [0.05, 0.1) is 6.61 Å². The Kier molecular flexibility index (Phi) is 7.99. The number of hydrogen-bond acceptors (Lipinski definition) is 3. The summed E-state index contributed by atoms with van der Waals surface area (Å²) in [5, 5.41) is 0.755. The van der Waals surface area contributed by atoms with Crippen LogP contribution in [0.25, 0.3) is 6.08 Å². The van der Waals surface area contributed by atoms with Gasteiger partial charge < -0.3 is 9.47 Å². The van der Waals surface area contributed by atoms with Crippen LogP contribution in [0.3, 0.4) is 0 Å². The molecule has 0 spiro atoms. The number of likely N-dealkylation sites (tertiary alicyclic amines) is 1. The van der Waals surface area contributed by atoms with Gasteiger partial charge in [-0.15, -0.1) is 0 Å². The number of fused-ring (bicyclic) bond motifs is 1. The molecule has 3 nitrogen and oxygen atoms in total. The van der Waals surface area contributed by atoms with E-state index in [1.54, 1.807) is 0 Å². The van der Waals surface area contributed by atoms with Crippen molar-refractivity contribution in [2.75, 3.05) is 32.8 Å². The summed E-state index contributed by atoms with van der Waals surface area (Å²) in [5.74, 6) is 2.05. The van der Waals surface area contributed by atoms with Crippen molar-refractivity contribution in [2.45, 2.75) is 45.4 Å². The number of ether oxygens (including phenoxy) is 2. The lowest BCUT2D eigenvalue weighted by molar-refractivity contribution is 0.183. The standard InChI is InChI=1S/C32H36ClNO2/c1-23-20-30-31(21-24(23)2)36-18-14-27(22-25-6-10-28(33)11-7-25)32(30)26-8-12-29(13-9-26)35-19-17-34-15-4-3-5-16-34/h6-13,20-22,32H,3-5,14-19H2,1-2H3/b27-22+. The van der Waals surface area contributed by atoms with Crippen LogP contribution in [-0.2, 0) is 0 Å². The van der Waals surface area contributed by atoms with E-state index in [-0.39, 0.29) is 5.92 Å². The van der Waals surface area contributed by atoms with Crippen LogP contribution in [0, 0.1) is 13.8 Å². The Morgan fingerprint density at radius 1 is 0.944 bits per heavy atom. The van der Waals surface area contributed by atoms with Crippen LogP contribution in [0.1, 0.15) is 59.4 Å². The zero-order chi connectivity index (χ0) is 24.9. The number of piperidine rings is 1. The lowest BCUT2D eigenvalue weighted by Gasteiger charge is -2.26. The first-order chi connectivity index (χ1) is 17.6. The van der Waals surface area contributed by atoms with Gasteiger partial charge in [-0.25, -0.2) is 0 Å². The second kappa shape index (κ2) is 11.5. The molecule has 3 aromatic rings. The minimum atomic E-state index is 0.125. The molecular weight excluding hydrogens is 466 g/mol. The van der Waals surface area contributed by atoms with E-state index in [1.165, 1.54) is 60.2 Å². The van der Waals surface area contributed by atoms with Gasteiger partial charge in [0.25, 0.3) is 0 Å². The van der Waals surface area contributed by atoms with Gasteiger partial charge in [0.15, 0.2) is 0 Å². The van der Waals surface area contributed by atoms with Crippen molar-refractivity contribution >= 4 is 17.7 Å². The Morgan fingerprint density at radius 2 is 1.67 bits per heavy atom. The van der Waals surface area contributed by atoms with Crippen LogP contribution >= 0.6 is 11.6 Å². The van der Waals surface area contributed by atoms with E-state index >= 15 is 0 Å². The molecule has 3 aromatic carbocycles. The Bertz CT molecular complexity index is 1190. The maximum atomic E-state index is 6.27. The van der Waals surface area contributed by atoms with Gasteiger partial charge in [0.1, 0.15) is 18.1 Å². The Hall–Kier alpha value is -2.75. The second-order valence-corrected chi connectivity index (χ2v) is 10.5. The third-order valence-corrected chi connectivity index (χ3v) is 7.77. The quantitative estimate of drug-likeness (QED) is 0.343. The van der Waals surface area contributed by atoms with Gasteiger partial charge in [-0.05, 0) is 92.4 Å². The fourth-order valence-corrected chi connectivity index (χ4v) is 5.47. The third kappa shape index (κ3) is 5.96. The zero-order valence-corrected chi connectivity index (χ0v) is 22.2. The molecule has 0 saturated carbocycles. The minimum Gasteiger partial charge on any atom is -0.493 e. The zero-order valence-electron chi connectivity index (χ0n) is 21.4. The number of nitrogens with zero attached hydrogens (tertiary/aromatic N) is 1. The number of rotatable bonds is 6. The molecule has 0 aliphatic carbocycles. The van der Waals surface area contributed by atoms with Crippen molar-refractivity contribution in [2.24, 2.45) is 0 Å². The Labute approximate surface area is 220 Å². The number of benzene rings is 3. The first-order valence-electron chi connectivity index (χ1n) is 13.2. The van der Waals surface area contributed by atoms with Crippen LogP contribution in [0.15, 0.2) is 66.2 Å². The van der Waals surface area contributed by atoms with Crippen LogP contribution in [-0.4, -0.2) is 37.7 Å². The summed E-state index contributed by atoms with van der Waals surface area (Å²) < 4.78 is 12.4. The molecule has 2 aliphatic rings. The highest BCUT2D eigenvalue weighted by Crippen LogP contribution is 2.43. The average molecular weight is 502 g/mol. The van der Waals surface area contributed by atoms with E-state index in [2.05, 4.69) is 73.4 Å². The molecule has 0 bridgehead atoms. The first-order valence-corrected chi connectivity index (χ1v) is 13.6. The molecule has 5 rings (SSSR count). The summed E-state index contributed by atoms with van der Waals surface area (Å²) >= 11 is 6.14. The highest BCUT2D eigenvalue weighted by Gasteiger charge is 2.26. The molecule has 36 heavy (non-hydrogen) atoms. The molecule has 2 aliphatic heterocycles. The molecule has 1 unspecified atom stereocenters. The number of hydrogen-bond donors (Lipinski definition) is 0. The molecule has 0 radical (unpaired) electrons. The van der Waals surface area contributed by atoms with Crippen LogP contribution in [0.5, 0.6) is 11.5 Å². The van der Waals surface area contributed by atoms with Crippen molar-refractivity contribution < 1.29 is 9.47 Å². The third-order valence-electron chi connectivity index (χ3n) is 7.52. The first kappa shape index (κ1) is 24.9. The predicted molar refractivity (Wildman–Crippen MR) is 150 cm³/mol. The predicted octanol–water partition coefficient (Wildman–Crippen LogP) is 7.82. The summed E-state index contributed by atoms with van der Waals surface area (Å²) in [7, 11) is 0. The normalized spacial score (nSPS) is 19.4. The van der Waals surface area contributed by atoms with E-state index in [1.807, 2.05) is 12.1 Å². The highest BCUT2D eigenvalue weighted by atomic mass is 35.5. The molecule has 0 amide bonds. The average Bonchev–Trinajstić information content (AvgIpc) is 3.05. The van der Waals surface area contributed by atoms with Crippen LogP contribution in [0.4, 0.5) is 0 Å². The van der Waals surface area contributed by atoms with Crippen LogP contribution in [0.2, 0.25) is 5.02 Å². The largest absolute Gasteiger partial charge is 0.493 e. The van der Waals surface area contributed by atoms with E-state index in [4.69, 9.17) is 21.1 Å². The van der Waals surface area contributed by atoms with Crippen molar-refractivity contribution in [1.82, 2.24) is 4.90 Å². The maximum Gasteiger partial charge on any atom is 0.123 e. The van der Waals surface area contributed by atoms with Gasteiger partial charge in [0.2, 0.25) is 0 Å². The Morgan fingerprint density at radius 3 is 2.42 bits per heavy atom. The molecule has 2 heterocycles. The molecule has 0 N–H and O–H groups in total. The smallest absolute Gasteiger partial charge is 0.123 e. The molecule has 1 fully saturated rings. The number of aryl methyl sites for hydroxylation is 2. The van der Waals surface area contributed by atoms with E-state index in [9.17, 15) is 0 Å². The topological polar surface area (TPSA) is 21.7 Å².